The Hall–Kier alpha value is -3.60. The van der Waals surface area contributed by atoms with Gasteiger partial charge in [-0.05, 0) is 29.3 Å². The largest absolute Gasteiger partial charge is 0.496 e. The summed E-state index contributed by atoms with van der Waals surface area (Å²) in [6.07, 6.45) is 0. The zero-order valence-electron chi connectivity index (χ0n) is 17.5. The zero-order chi connectivity index (χ0) is 21.6. The van der Waals surface area contributed by atoms with Crippen LogP contribution in [-0.2, 0) is 11.3 Å². The van der Waals surface area contributed by atoms with E-state index in [0.29, 0.717) is 25.2 Å². The van der Waals surface area contributed by atoms with E-state index in [1.807, 2.05) is 84.9 Å². The molecule has 2 amide bonds. The van der Waals surface area contributed by atoms with Crippen LogP contribution in [0.4, 0.5) is 0 Å². The minimum Gasteiger partial charge on any atom is -0.496 e. The maximum Gasteiger partial charge on any atom is 0.253 e. The predicted octanol–water partition coefficient (Wildman–Crippen LogP) is 3.87. The lowest BCUT2D eigenvalue weighted by molar-refractivity contribution is -0.125. The van der Waals surface area contributed by atoms with E-state index < -0.39 is 0 Å². The van der Waals surface area contributed by atoms with Crippen molar-refractivity contribution in [3.8, 4) is 5.75 Å². The Morgan fingerprint density at radius 1 is 0.903 bits per heavy atom. The number of nitrogens with zero attached hydrogens (tertiary/aromatic N) is 1. The molecule has 5 heteroatoms. The van der Waals surface area contributed by atoms with Crippen LogP contribution in [0.2, 0.25) is 0 Å². The molecule has 0 aliphatic carbocycles. The molecule has 2 atom stereocenters. The van der Waals surface area contributed by atoms with Gasteiger partial charge in [-0.15, -0.1) is 0 Å². The number of hydrogen-bond acceptors (Lipinski definition) is 3. The standard InChI is InChI=1S/C26H26N2O3/c1-31-24-15-9-8-14-21(24)22-17-28(26(30)20-12-6-3-7-13-20)18-23(22)25(29)27-16-19-10-4-2-5-11-19/h2-15,22-23H,16-18H2,1H3,(H,27,29). The highest BCUT2D eigenvalue weighted by Gasteiger charge is 2.41. The van der Waals surface area contributed by atoms with Gasteiger partial charge >= 0.3 is 0 Å². The summed E-state index contributed by atoms with van der Waals surface area (Å²) in [4.78, 5) is 28.1. The molecule has 0 bridgehead atoms. The molecule has 158 valence electrons. The smallest absolute Gasteiger partial charge is 0.253 e. The van der Waals surface area contributed by atoms with Crippen LogP contribution in [0.25, 0.3) is 0 Å². The SMILES string of the molecule is COc1ccccc1C1CN(C(=O)c2ccccc2)CC1C(=O)NCc1ccccc1. The van der Waals surface area contributed by atoms with E-state index in [2.05, 4.69) is 5.32 Å². The lowest BCUT2D eigenvalue weighted by atomic mass is 9.87. The minimum atomic E-state index is -0.354. The van der Waals surface area contributed by atoms with Gasteiger partial charge in [0.25, 0.3) is 5.91 Å². The molecule has 1 N–H and O–H groups in total. The zero-order valence-corrected chi connectivity index (χ0v) is 17.5. The van der Waals surface area contributed by atoms with E-state index in [0.717, 1.165) is 16.9 Å². The van der Waals surface area contributed by atoms with Gasteiger partial charge in [-0.1, -0.05) is 66.7 Å². The first kappa shape index (κ1) is 20.7. The average Bonchev–Trinajstić information content (AvgIpc) is 3.28. The van der Waals surface area contributed by atoms with Crippen LogP contribution in [0, 0.1) is 5.92 Å². The molecule has 31 heavy (non-hydrogen) atoms. The van der Waals surface area contributed by atoms with E-state index in [-0.39, 0.29) is 23.7 Å². The Balaban J connectivity index is 1.58. The topological polar surface area (TPSA) is 58.6 Å². The van der Waals surface area contributed by atoms with Gasteiger partial charge in [-0.2, -0.15) is 0 Å². The predicted molar refractivity (Wildman–Crippen MR) is 120 cm³/mol. The summed E-state index contributed by atoms with van der Waals surface area (Å²) in [5.74, 6) is 0.136. The van der Waals surface area contributed by atoms with Crippen LogP contribution in [0.15, 0.2) is 84.9 Å². The Bertz CT molecular complexity index is 1040. The van der Waals surface area contributed by atoms with Crippen molar-refractivity contribution in [1.82, 2.24) is 10.2 Å². The summed E-state index contributed by atoms with van der Waals surface area (Å²) in [5, 5.41) is 3.06. The number of para-hydroxylation sites is 1. The van der Waals surface area contributed by atoms with E-state index in [4.69, 9.17) is 4.74 Å². The van der Waals surface area contributed by atoms with Crippen molar-refractivity contribution in [3.05, 3.63) is 102 Å². The van der Waals surface area contributed by atoms with Crippen LogP contribution in [0.1, 0.15) is 27.4 Å². The summed E-state index contributed by atoms with van der Waals surface area (Å²) in [6, 6.07) is 26.8. The van der Waals surface area contributed by atoms with E-state index in [9.17, 15) is 9.59 Å². The molecule has 2 unspecified atom stereocenters. The lowest BCUT2D eigenvalue weighted by Gasteiger charge is -2.20. The van der Waals surface area contributed by atoms with Gasteiger partial charge in [0, 0.05) is 31.1 Å². The van der Waals surface area contributed by atoms with E-state index >= 15 is 0 Å². The highest BCUT2D eigenvalue weighted by atomic mass is 16.5. The highest BCUT2D eigenvalue weighted by molar-refractivity contribution is 5.95. The lowest BCUT2D eigenvalue weighted by Crippen LogP contribution is -2.35. The molecule has 4 rings (SSSR count). The van der Waals surface area contributed by atoms with Crippen molar-refractivity contribution in [2.24, 2.45) is 5.92 Å². The van der Waals surface area contributed by atoms with Crippen LogP contribution >= 0.6 is 0 Å². The molecule has 1 aliphatic rings. The highest BCUT2D eigenvalue weighted by Crippen LogP contribution is 2.38. The summed E-state index contributed by atoms with van der Waals surface area (Å²) < 4.78 is 5.56. The maximum absolute atomic E-state index is 13.2. The van der Waals surface area contributed by atoms with Crippen molar-refractivity contribution in [3.63, 3.8) is 0 Å². The first-order chi connectivity index (χ1) is 15.2. The van der Waals surface area contributed by atoms with Crippen molar-refractivity contribution >= 4 is 11.8 Å². The molecule has 0 aromatic heterocycles. The number of carbonyl (C=O) groups is 2. The van der Waals surface area contributed by atoms with Crippen LogP contribution in [0.3, 0.4) is 0 Å². The fourth-order valence-electron chi connectivity index (χ4n) is 4.20. The number of nitrogens with one attached hydrogen (secondary N) is 1. The van der Waals surface area contributed by atoms with Gasteiger partial charge < -0.3 is 15.0 Å². The quantitative estimate of drug-likeness (QED) is 0.666. The number of methoxy groups -OCH3 is 1. The molecule has 3 aromatic carbocycles. The fourth-order valence-corrected chi connectivity index (χ4v) is 4.20. The van der Waals surface area contributed by atoms with Crippen molar-refractivity contribution in [2.75, 3.05) is 20.2 Å². The average molecular weight is 415 g/mol. The number of amides is 2. The number of ether oxygens (including phenoxy) is 1. The third-order valence-corrected chi connectivity index (χ3v) is 5.81. The Kier molecular flexibility index (Phi) is 6.32. The molecule has 3 aromatic rings. The van der Waals surface area contributed by atoms with Crippen molar-refractivity contribution < 1.29 is 14.3 Å². The van der Waals surface area contributed by atoms with Crippen molar-refractivity contribution in [1.29, 1.82) is 0 Å². The van der Waals surface area contributed by atoms with Gasteiger partial charge in [0.05, 0.1) is 13.0 Å². The Morgan fingerprint density at radius 3 is 2.26 bits per heavy atom. The second-order valence-electron chi connectivity index (χ2n) is 7.73. The number of hydrogen-bond donors (Lipinski definition) is 1. The van der Waals surface area contributed by atoms with Gasteiger partial charge in [0.15, 0.2) is 0 Å². The number of rotatable bonds is 6. The second kappa shape index (κ2) is 9.47. The van der Waals surface area contributed by atoms with Gasteiger partial charge in [0.1, 0.15) is 5.75 Å². The van der Waals surface area contributed by atoms with Crippen LogP contribution in [-0.4, -0.2) is 36.9 Å². The molecule has 0 spiro atoms. The Labute approximate surface area is 182 Å². The molecule has 1 saturated heterocycles. The first-order valence-electron chi connectivity index (χ1n) is 10.5. The number of likely N-dealkylation sites (tertiary alicyclic amines) is 1. The summed E-state index contributed by atoms with van der Waals surface area (Å²) in [6.45, 7) is 1.30. The third kappa shape index (κ3) is 4.61. The molecular weight excluding hydrogens is 388 g/mol. The van der Waals surface area contributed by atoms with Gasteiger partial charge in [-0.3, -0.25) is 9.59 Å². The third-order valence-electron chi connectivity index (χ3n) is 5.81. The molecule has 0 saturated carbocycles. The van der Waals surface area contributed by atoms with Crippen molar-refractivity contribution in [2.45, 2.75) is 12.5 Å². The van der Waals surface area contributed by atoms with Crippen LogP contribution in [0.5, 0.6) is 5.75 Å². The van der Waals surface area contributed by atoms with Crippen LogP contribution < -0.4 is 10.1 Å². The molecule has 1 aliphatic heterocycles. The second-order valence-corrected chi connectivity index (χ2v) is 7.73. The summed E-state index contributed by atoms with van der Waals surface area (Å²) >= 11 is 0. The van der Waals surface area contributed by atoms with Gasteiger partial charge in [-0.25, -0.2) is 0 Å². The minimum absolute atomic E-state index is 0.0527. The summed E-state index contributed by atoms with van der Waals surface area (Å²) in [7, 11) is 1.63. The normalized spacial score (nSPS) is 17.9. The molecule has 1 heterocycles. The fraction of sp³-hybridized carbons (Fsp3) is 0.231. The Morgan fingerprint density at radius 2 is 1.55 bits per heavy atom. The number of carbonyl (C=O) groups excluding carboxylic acids is 2. The number of benzene rings is 3. The maximum atomic E-state index is 13.2. The first-order valence-corrected chi connectivity index (χ1v) is 10.5. The molecule has 0 radical (unpaired) electrons. The summed E-state index contributed by atoms with van der Waals surface area (Å²) in [5.41, 5.74) is 2.62. The molecular formula is C26H26N2O3. The van der Waals surface area contributed by atoms with E-state index in [1.54, 1.807) is 12.0 Å². The van der Waals surface area contributed by atoms with E-state index in [1.165, 1.54) is 0 Å². The molecule has 1 fully saturated rings. The van der Waals surface area contributed by atoms with Gasteiger partial charge in [0.2, 0.25) is 5.91 Å². The monoisotopic (exact) mass is 414 g/mol. The molecule has 5 nitrogen and oxygen atoms in total.